The molecule has 0 saturated heterocycles. The van der Waals surface area contributed by atoms with Crippen molar-refractivity contribution in [2.45, 2.75) is 13.8 Å². The number of aryl methyl sites for hydroxylation is 1. The molecule has 22 heavy (non-hydrogen) atoms. The van der Waals surface area contributed by atoms with Crippen LogP contribution in [-0.4, -0.2) is 29.5 Å². The van der Waals surface area contributed by atoms with Gasteiger partial charge in [0.05, 0.1) is 36.9 Å². The summed E-state index contributed by atoms with van der Waals surface area (Å²) in [5, 5.41) is 0. The van der Waals surface area contributed by atoms with Crippen molar-refractivity contribution >= 4 is 17.1 Å². The Morgan fingerprint density at radius 1 is 1.18 bits per heavy atom. The molecular weight excluding hydrogens is 280 g/mol. The maximum absolute atomic E-state index is 12.7. The topological polar surface area (TPSA) is 61.3 Å². The Morgan fingerprint density at radius 3 is 2.68 bits per heavy atom. The summed E-state index contributed by atoms with van der Waals surface area (Å²) < 4.78 is 11.0. The van der Waals surface area contributed by atoms with Gasteiger partial charge in [0.25, 0.3) is 0 Å². The third-order valence-electron chi connectivity index (χ3n) is 3.47. The van der Waals surface area contributed by atoms with Crippen LogP contribution >= 0.6 is 0 Å². The van der Waals surface area contributed by atoms with Crippen LogP contribution in [0.3, 0.4) is 0 Å². The van der Waals surface area contributed by atoms with Gasteiger partial charge in [0, 0.05) is 17.3 Å². The second-order valence-corrected chi connectivity index (χ2v) is 4.92. The molecule has 0 unspecified atom stereocenters. The lowest BCUT2D eigenvalue weighted by molar-refractivity contribution is 0.105. The molecule has 0 bridgehead atoms. The summed E-state index contributed by atoms with van der Waals surface area (Å²) in [5.74, 6) is 1.13. The van der Waals surface area contributed by atoms with Crippen molar-refractivity contribution in [2.75, 3.05) is 13.7 Å². The number of ketones is 1. The molecule has 1 aromatic carbocycles. The molecule has 0 N–H and O–H groups in total. The Balaban J connectivity index is 2.21. The van der Waals surface area contributed by atoms with Crippen LogP contribution in [-0.2, 0) is 4.74 Å². The molecule has 0 saturated carbocycles. The van der Waals surface area contributed by atoms with Crippen molar-refractivity contribution in [3.8, 4) is 5.75 Å². The zero-order valence-electron chi connectivity index (χ0n) is 12.7. The number of rotatable bonds is 4. The van der Waals surface area contributed by atoms with Crippen LogP contribution in [0, 0.1) is 6.92 Å². The minimum Gasteiger partial charge on any atom is -0.497 e. The number of hydrogen-bond donors (Lipinski definition) is 0. The number of fused-ring (bicyclic) bond motifs is 1. The Hall–Kier alpha value is -2.69. The normalized spacial score (nSPS) is 13.3. The molecule has 0 atom stereocenters. The number of allylic oxidation sites excluding steroid dienone is 1. The summed E-state index contributed by atoms with van der Waals surface area (Å²) in [4.78, 5) is 21.3. The molecule has 0 aliphatic heterocycles. The fourth-order valence-corrected chi connectivity index (χ4v) is 2.52. The molecule has 0 amide bonds. The van der Waals surface area contributed by atoms with Crippen LogP contribution < -0.4 is 4.74 Å². The largest absolute Gasteiger partial charge is 0.497 e. The lowest BCUT2D eigenvalue weighted by Gasteiger charge is -2.09. The number of carbonyl (C=O) groups excluding carboxylic acids is 1. The van der Waals surface area contributed by atoms with E-state index in [0.29, 0.717) is 34.9 Å². The van der Waals surface area contributed by atoms with Crippen LogP contribution in [0.1, 0.15) is 34.2 Å². The second kappa shape index (κ2) is 5.60. The summed E-state index contributed by atoms with van der Waals surface area (Å²) in [7, 11) is 1.59. The van der Waals surface area contributed by atoms with E-state index in [0.717, 1.165) is 11.3 Å². The summed E-state index contributed by atoms with van der Waals surface area (Å²) in [6.45, 7) is 4.18. The lowest BCUT2D eigenvalue weighted by Crippen LogP contribution is -2.02. The number of ether oxygens (including phenoxy) is 2. The third kappa shape index (κ3) is 2.24. The Bertz CT molecular complexity index is 781. The number of methoxy groups -OCH3 is 1. The molecule has 5 heteroatoms. The van der Waals surface area contributed by atoms with Crippen molar-refractivity contribution in [3.63, 3.8) is 0 Å². The highest BCUT2D eigenvalue weighted by atomic mass is 16.5. The van der Waals surface area contributed by atoms with E-state index in [1.807, 2.05) is 19.9 Å². The average molecular weight is 296 g/mol. The fraction of sp³-hybridized carbons (Fsp3) is 0.235. The monoisotopic (exact) mass is 296 g/mol. The molecule has 1 heterocycles. The predicted molar refractivity (Wildman–Crippen MR) is 82.5 cm³/mol. The Labute approximate surface area is 128 Å². The molecule has 112 valence electrons. The second-order valence-electron chi connectivity index (χ2n) is 4.92. The third-order valence-corrected chi connectivity index (χ3v) is 3.47. The first-order chi connectivity index (χ1) is 10.7. The van der Waals surface area contributed by atoms with Crippen molar-refractivity contribution in [1.82, 2.24) is 9.97 Å². The van der Waals surface area contributed by atoms with Crippen molar-refractivity contribution in [1.29, 1.82) is 0 Å². The highest BCUT2D eigenvalue weighted by Crippen LogP contribution is 2.39. The van der Waals surface area contributed by atoms with E-state index < -0.39 is 0 Å². The number of nitrogens with zero attached hydrogens (tertiary/aromatic N) is 2. The average Bonchev–Trinajstić information content (AvgIpc) is 2.80. The van der Waals surface area contributed by atoms with Crippen molar-refractivity contribution in [3.05, 3.63) is 53.1 Å². The zero-order valence-corrected chi connectivity index (χ0v) is 12.7. The SMILES string of the molecule is CCOC1=C(c2cncc(C)n2)C(=O)c2ccc(OC)cc21. The smallest absolute Gasteiger partial charge is 0.199 e. The lowest BCUT2D eigenvalue weighted by atomic mass is 10.1. The van der Waals surface area contributed by atoms with Gasteiger partial charge in [-0.15, -0.1) is 0 Å². The molecule has 0 fully saturated rings. The van der Waals surface area contributed by atoms with Crippen LogP contribution in [0.15, 0.2) is 30.6 Å². The van der Waals surface area contributed by atoms with Crippen molar-refractivity contribution in [2.24, 2.45) is 0 Å². The van der Waals surface area contributed by atoms with E-state index >= 15 is 0 Å². The van der Waals surface area contributed by atoms with Crippen LogP contribution in [0.25, 0.3) is 11.3 Å². The highest BCUT2D eigenvalue weighted by molar-refractivity contribution is 6.38. The first-order valence-corrected chi connectivity index (χ1v) is 7.05. The molecule has 0 radical (unpaired) electrons. The minimum absolute atomic E-state index is 0.0963. The fourth-order valence-electron chi connectivity index (χ4n) is 2.52. The summed E-state index contributed by atoms with van der Waals surface area (Å²) in [6.07, 6.45) is 3.24. The van der Waals surface area contributed by atoms with E-state index in [9.17, 15) is 4.79 Å². The van der Waals surface area contributed by atoms with Gasteiger partial charge in [-0.2, -0.15) is 0 Å². The quantitative estimate of drug-likeness (QED) is 0.868. The van der Waals surface area contributed by atoms with Gasteiger partial charge in [0.1, 0.15) is 11.5 Å². The maximum atomic E-state index is 12.7. The molecule has 3 rings (SSSR count). The zero-order chi connectivity index (χ0) is 15.7. The van der Waals surface area contributed by atoms with Crippen molar-refractivity contribution < 1.29 is 14.3 Å². The van der Waals surface area contributed by atoms with Gasteiger partial charge in [0.2, 0.25) is 0 Å². The molecule has 2 aromatic rings. The summed E-state index contributed by atoms with van der Waals surface area (Å²) in [6, 6.07) is 5.34. The van der Waals surface area contributed by atoms with Gasteiger partial charge >= 0.3 is 0 Å². The van der Waals surface area contributed by atoms with Gasteiger partial charge in [0.15, 0.2) is 5.78 Å². The van der Waals surface area contributed by atoms with E-state index in [4.69, 9.17) is 9.47 Å². The van der Waals surface area contributed by atoms with E-state index in [1.54, 1.807) is 31.6 Å². The van der Waals surface area contributed by atoms with E-state index in [2.05, 4.69) is 9.97 Å². The number of Topliss-reactive ketones (excluding diaryl/α,β-unsaturated/α-hetero) is 1. The summed E-state index contributed by atoms with van der Waals surface area (Å²) in [5.41, 5.74) is 3.08. The van der Waals surface area contributed by atoms with Gasteiger partial charge in [-0.25, -0.2) is 4.98 Å². The Kier molecular flexibility index (Phi) is 3.63. The molecule has 1 aliphatic carbocycles. The van der Waals surface area contributed by atoms with E-state index in [-0.39, 0.29) is 5.78 Å². The predicted octanol–water partition coefficient (Wildman–Crippen LogP) is 2.89. The van der Waals surface area contributed by atoms with Crippen LogP contribution in [0.4, 0.5) is 0 Å². The number of aromatic nitrogens is 2. The van der Waals surface area contributed by atoms with Gasteiger partial charge in [-0.3, -0.25) is 9.78 Å². The van der Waals surface area contributed by atoms with Crippen LogP contribution in [0.2, 0.25) is 0 Å². The number of benzene rings is 1. The minimum atomic E-state index is -0.0963. The summed E-state index contributed by atoms with van der Waals surface area (Å²) >= 11 is 0. The van der Waals surface area contributed by atoms with Gasteiger partial charge in [-0.05, 0) is 32.0 Å². The Morgan fingerprint density at radius 2 is 2.00 bits per heavy atom. The first-order valence-electron chi connectivity index (χ1n) is 7.05. The highest BCUT2D eigenvalue weighted by Gasteiger charge is 2.33. The number of hydrogen-bond acceptors (Lipinski definition) is 5. The molecular formula is C17H16N2O3. The number of carbonyl (C=O) groups is 1. The van der Waals surface area contributed by atoms with Gasteiger partial charge in [-0.1, -0.05) is 0 Å². The molecule has 0 spiro atoms. The molecule has 1 aliphatic rings. The maximum Gasteiger partial charge on any atom is 0.199 e. The van der Waals surface area contributed by atoms with Crippen LogP contribution in [0.5, 0.6) is 5.75 Å². The van der Waals surface area contributed by atoms with E-state index in [1.165, 1.54) is 0 Å². The standard InChI is InChI=1S/C17H16N2O3/c1-4-22-17-13-7-11(21-3)5-6-12(13)16(20)15(17)14-9-18-8-10(2)19-14/h5-9H,4H2,1-3H3. The van der Waals surface area contributed by atoms with Gasteiger partial charge < -0.3 is 9.47 Å². The molecule has 1 aromatic heterocycles. The first kappa shape index (κ1) is 14.3. The molecule has 5 nitrogen and oxygen atoms in total.